The van der Waals surface area contributed by atoms with E-state index in [4.69, 9.17) is 11.6 Å². The molecular weight excluding hydrogens is 174 g/mol. The second-order valence-corrected chi connectivity index (χ2v) is 2.93. The van der Waals surface area contributed by atoms with Crippen molar-refractivity contribution in [3.05, 3.63) is 28.5 Å². The van der Waals surface area contributed by atoms with Gasteiger partial charge in [-0.25, -0.2) is 4.98 Å². The number of aromatic nitrogens is 1. The van der Waals surface area contributed by atoms with Gasteiger partial charge in [0.1, 0.15) is 5.15 Å². The minimum Gasteiger partial charge on any atom is -0.294 e. The van der Waals surface area contributed by atoms with Crippen LogP contribution in [0, 0.1) is 0 Å². The van der Waals surface area contributed by atoms with Crippen LogP contribution >= 0.6 is 11.6 Å². The first kappa shape index (κ1) is 9.20. The van der Waals surface area contributed by atoms with E-state index in [2.05, 4.69) is 4.98 Å². The Morgan fingerprint density at radius 1 is 1.58 bits per heavy atom. The number of halogens is 1. The Hall–Kier alpha value is -0.890. The van der Waals surface area contributed by atoms with Crippen LogP contribution in [0.4, 0.5) is 0 Å². The van der Waals surface area contributed by atoms with E-state index in [1.54, 1.807) is 12.1 Å². The van der Waals surface area contributed by atoms with Crippen LogP contribution in [0.15, 0.2) is 12.1 Å². The monoisotopic (exact) mass is 183 g/mol. The Balaban J connectivity index is 3.20. The number of nitrogens with zero attached hydrogens (tertiary/aromatic N) is 1. The van der Waals surface area contributed by atoms with Crippen LogP contribution in [0.3, 0.4) is 0 Å². The van der Waals surface area contributed by atoms with Gasteiger partial charge >= 0.3 is 0 Å². The maximum Gasteiger partial charge on any atom is 0.161 e. The summed E-state index contributed by atoms with van der Waals surface area (Å²) in [6, 6.07) is 3.36. The van der Waals surface area contributed by atoms with Crippen LogP contribution in [0.25, 0.3) is 0 Å². The highest BCUT2D eigenvalue weighted by molar-refractivity contribution is 6.29. The van der Waals surface area contributed by atoms with Gasteiger partial charge in [0, 0.05) is 5.56 Å². The maximum absolute atomic E-state index is 11.1. The van der Waals surface area contributed by atoms with Crippen LogP contribution in [0.5, 0.6) is 0 Å². The highest BCUT2D eigenvalue weighted by atomic mass is 35.5. The third-order valence-corrected chi connectivity index (χ3v) is 1.86. The Morgan fingerprint density at radius 3 is 2.75 bits per heavy atom. The van der Waals surface area contributed by atoms with Crippen molar-refractivity contribution >= 4 is 17.4 Å². The molecule has 0 unspecified atom stereocenters. The van der Waals surface area contributed by atoms with Gasteiger partial charge in [0.05, 0.1) is 5.69 Å². The summed E-state index contributed by atoms with van der Waals surface area (Å²) in [5.74, 6) is 0.0380. The summed E-state index contributed by atoms with van der Waals surface area (Å²) in [4.78, 5) is 15.1. The molecule has 1 rings (SSSR count). The molecule has 64 valence electrons. The number of Topliss-reactive ketones (excluding diaryl/α,β-unsaturated/α-hetero) is 1. The molecule has 0 bridgehead atoms. The number of hydrogen-bond acceptors (Lipinski definition) is 2. The fourth-order valence-electron chi connectivity index (χ4n) is 1.06. The van der Waals surface area contributed by atoms with Gasteiger partial charge in [-0.2, -0.15) is 0 Å². The van der Waals surface area contributed by atoms with Crippen molar-refractivity contribution in [2.75, 3.05) is 0 Å². The van der Waals surface area contributed by atoms with Gasteiger partial charge in [-0.05, 0) is 25.5 Å². The minimum atomic E-state index is 0.0380. The molecule has 0 amide bonds. The van der Waals surface area contributed by atoms with Crippen molar-refractivity contribution in [1.82, 2.24) is 4.98 Å². The Labute approximate surface area is 76.6 Å². The lowest BCUT2D eigenvalue weighted by Gasteiger charge is -2.02. The number of carbonyl (C=O) groups excluding carboxylic acids is 1. The number of rotatable bonds is 2. The van der Waals surface area contributed by atoms with E-state index in [1.165, 1.54) is 6.92 Å². The molecule has 12 heavy (non-hydrogen) atoms. The molecule has 0 atom stereocenters. The molecule has 0 aliphatic carbocycles. The number of aryl methyl sites for hydroxylation is 1. The first-order chi connectivity index (χ1) is 5.65. The third kappa shape index (κ3) is 1.83. The van der Waals surface area contributed by atoms with Gasteiger partial charge in [-0.1, -0.05) is 18.5 Å². The van der Waals surface area contributed by atoms with Crippen molar-refractivity contribution in [3.8, 4) is 0 Å². The quantitative estimate of drug-likeness (QED) is 0.521. The molecule has 1 aromatic rings. The molecule has 0 radical (unpaired) electrons. The topological polar surface area (TPSA) is 30.0 Å². The van der Waals surface area contributed by atoms with Crippen LogP contribution in [-0.4, -0.2) is 10.8 Å². The molecule has 2 nitrogen and oxygen atoms in total. The van der Waals surface area contributed by atoms with Crippen LogP contribution < -0.4 is 0 Å². The molecule has 3 heteroatoms. The van der Waals surface area contributed by atoms with E-state index in [0.717, 1.165) is 12.1 Å². The molecule has 0 saturated carbocycles. The zero-order valence-corrected chi connectivity index (χ0v) is 7.85. The summed E-state index contributed by atoms with van der Waals surface area (Å²) < 4.78 is 0. The second kappa shape index (κ2) is 3.68. The van der Waals surface area contributed by atoms with E-state index >= 15 is 0 Å². The van der Waals surface area contributed by atoms with Gasteiger partial charge in [0.15, 0.2) is 5.78 Å². The summed E-state index contributed by atoms with van der Waals surface area (Å²) in [5.41, 5.74) is 1.44. The smallest absolute Gasteiger partial charge is 0.161 e. The summed E-state index contributed by atoms with van der Waals surface area (Å²) in [6.45, 7) is 3.48. The number of ketones is 1. The summed E-state index contributed by atoms with van der Waals surface area (Å²) >= 11 is 5.68. The van der Waals surface area contributed by atoms with Crippen LogP contribution in [-0.2, 0) is 6.42 Å². The van der Waals surface area contributed by atoms with Gasteiger partial charge < -0.3 is 0 Å². The second-order valence-electron chi connectivity index (χ2n) is 2.54. The number of hydrogen-bond donors (Lipinski definition) is 0. The van der Waals surface area contributed by atoms with Gasteiger partial charge in [0.2, 0.25) is 0 Å². The predicted octanol–water partition coefficient (Wildman–Crippen LogP) is 2.50. The molecule has 0 fully saturated rings. The van der Waals surface area contributed by atoms with E-state index in [-0.39, 0.29) is 5.78 Å². The van der Waals surface area contributed by atoms with Crippen molar-refractivity contribution in [2.24, 2.45) is 0 Å². The minimum absolute atomic E-state index is 0.0380. The van der Waals surface area contributed by atoms with Crippen molar-refractivity contribution in [3.63, 3.8) is 0 Å². The van der Waals surface area contributed by atoms with Crippen LogP contribution in [0.1, 0.15) is 29.9 Å². The maximum atomic E-state index is 11.1. The third-order valence-electron chi connectivity index (χ3n) is 1.65. The van der Waals surface area contributed by atoms with E-state index in [1.807, 2.05) is 6.92 Å². The molecule has 0 aliphatic heterocycles. The number of carbonyl (C=O) groups is 1. The van der Waals surface area contributed by atoms with Crippen LogP contribution in [0.2, 0.25) is 5.15 Å². The average molecular weight is 184 g/mol. The Kier molecular flexibility index (Phi) is 2.82. The summed E-state index contributed by atoms with van der Waals surface area (Å²) in [6.07, 6.45) is 0.732. The largest absolute Gasteiger partial charge is 0.294 e. The standard InChI is InChI=1S/C9H10ClNO/c1-3-8-7(6(2)12)4-5-9(10)11-8/h4-5H,3H2,1-2H3. The lowest BCUT2D eigenvalue weighted by molar-refractivity contribution is 0.101. The zero-order valence-electron chi connectivity index (χ0n) is 7.10. The molecule has 0 saturated heterocycles. The highest BCUT2D eigenvalue weighted by Gasteiger charge is 2.06. The lowest BCUT2D eigenvalue weighted by atomic mass is 10.1. The van der Waals surface area contributed by atoms with E-state index in [0.29, 0.717) is 10.7 Å². The Bertz CT molecular complexity index is 309. The van der Waals surface area contributed by atoms with Gasteiger partial charge in [-0.3, -0.25) is 4.79 Å². The molecule has 0 aromatic carbocycles. The van der Waals surface area contributed by atoms with Gasteiger partial charge in [0.25, 0.3) is 0 Å². The predicted molar refractivity (Wildman–Crippen MR) is 48.6 cm³/mol. The molecule has 0 spiro atoms. The molecule has 0 aliphatic rings. The van der Waals surface area contributed by atoms with Crippen molar-refractivity contribution in [2.45, 2.75) is 20.3 Å². The first-order valence-electron chi connectivity index (χ1n) is 3.81. The zero-order chi connectivity index (χ0) is 9.14. The van der Waals surface area contributed by atoms with Crippen molar-refractivity contribution < 1.29 is 4.79 Å². The highest BCUT2D eigenvalue weighted by Crippen LogP contribution is 2.12. The first-order valence-corrected chi connectivity index (χ1v) is 4.19. The van der Waals surface area contributed by atoms with Gasteiger partial charge in [-0.15, -0.1) is 0 Å². The van der Waals surface area contributed by atoms with E-state index < -0.39 is 0 Å². The fraction of sp³-hybridized carbons (Fsp3) is 0.333. The normalized spacial score (nSPS) is 9.92. The van der Waals surface area contributed by atoms with Crippen molar-refractivity contribution in [1.29, 1.82) is 0 Å². The molecule has 1 aromatic heterocycles. The fourth-order valence-corrected chi connectivity index (χ4v) is 1.23. The summed E-state index contributed by atoms with van der Waals surface area (Å²) in [5, 5.41) is 0.442. The van der Waals surface area contributed by atoms with E-state index in [9.17, 15) is 4.79 Å². The Morgan fingerprint density at radius 2 is 2.25 bits per heavy atom. The molecule has 0 N–H and O–H groups in total. The summed E-state index contributed by atoms with van der Waals surface area (Å²) in [7, 11) is 0. The average Bonchev–Trinajstić information content (AvgIpc) is 2.03. The molecular formula is C9H10ClNO. The lowest BCUT2D eigenvalue weighted by Crippen LogP contribution is -2.01. The molecule has 1 heterocycles. The number of pyridine rings is 1. The SMILES string of the molecule is CCc1nc(Cl)ccc1C(C)=O.